The SMILES string of the molecule is CCCCCCCCCC/C=C\CCCCCCCCN(C)C. The van der Waals surface area contributed by atoms with E-state index in [9.17, 15) is 0 Å². The normalized spacial score (nSPS) is 11.8. The zero-order chi connectivity index (χ0) is 17.0. The number of unbranched alkanes of at least 4 members (excludes halogenated alkanes) is 14. The van der Waals surface area contributed by atoms with E-state index in [2.05, 4.69) is 38.1 Å². The summed E-state index contributed by atoms with van der Waals surface area (Å²) in [6, 6.07) is 0. The van der Waals surface area contributed by atoms with Crippen LogP contribution in [0.5, 0.6) is 0 Å². The maximum atomic E-state index is 2.42. The Bertz CT molecular complexity index is 232. The maximum absolute atomic E-state index is 2.42. The smallest absolute Gasteiger partial charge is 0.00248 e. The van der Waals surface area contributed by atoms with Crippen LogP contribution in [0.2, 0.25) is 0 Å². The molecule has 0 aliphatic heterocycles. The van der Waals surface area contributed by atoms with Crippen molar-refractivity contribution >= 4 is 0 Å². The Morgan fingerprint density at radius 3 is 1.35 bits per heavy atom. The van der Waals surface area contributed by atoms with Gasteiger partial charge in [0.2, 0.25) is 0 Å². The number of hydrogen-bond donors (Lipinski definition) is 0. The van der Waals surface area contributed by atoms with Gasteiger partial charge in [-0.3, -0.25) is 0 Å². The van der Waals surface area contributed by atoms with Gasteiger partial charge in [-0.15, -0.1) is 0 Å². The summed E-state index contributed by atoms with van der Waals surface area (Å²) in [5.41, 5.74) is 0. The van der Waals surface area contributed by atoms with Gasteiger partial charge in [-0.25, -0.2) is 0 Å². The fraction of sp³-hybridized carbons (Fsp3) is 0.909. The fourth-order valence-electron chi connectivity index (χ4n) is 3.03. The Morgan fingerprint density at radius 2 is 0.913 bits per heavy atom. The molecule has 0 unspecified atom stereocenters. The maximum Gasteiger partial charge on any atom is -0.00248 e. The van der Waals surface area contributed by atoms with E-state index in [1.807, 2.05) is 0 Å². The van der Waals surface area contributed by atoms with Crippen LogP contribution in [0.4, 0.5) is 0 Å². The van der Waals surface area contributed by atoms with Gasteiger partial charge in [-0.2, -0.15) is 0 Å². The summed E-state index contributed by atoms with van der Waals surface area (Å²) in [6.07, 6.45) is 27.3. The molecule has 0 N–H and O–H groups in total. The van der Waals surface area contributed by atoms with Crippen LogP contribution < -0.4 is 0 Å². The number of rotatable bonds is 18. The Labute approximate surface area is 147 Å². The van der Waals surface area contributed by atoms with E-state index in [0.29, 0.717) is 0 Å². The minimum absolute atomic E-state index is 1.25. The fourth-order valence-corrected chi connectivity index (χ4v) is 3.03. The van der Waals surface area contributed by atoms with Crippen molar-refractivity contribution < 1.29 is 0 Å². The van der Waals surface area contributed by atoms with Crippen LogP contribution in [-0.4, -0.2) is 25.5 Å². The van der Waals surface area contributed by atoms with Gasteiger partial charge in [0.05, 0.1) is 0 Å². The summed E-state index contributed by atoms with van der Waals surface area (Å²) in [7, 11) is 4.33. The van der Waals surface area contributed by atoms with Crippen molar-refractivity contribution in [3.8, 4) is 0 Å². The first kappa shape index (κ1) is 22.7. The molecule has 0 saturated carbocycles. The predicted octanol–water partition coefficient (Wildman–Crippen LogP) is 7.37. The lowest BCUT2D eigenvalue weighted by atomic mass is 10.1. The van der Waals surface area contributed by atoms with Gasteiger partial charge >= 0.3 is 0 Å². The molecule has 0 aliphatic rings. The van der Waals surface area contributed by atoms with Gasteiger partial charge in [-0.05, 0) is 52.7 Å². The van der Waals surface area contributed by atoms with E-state index in [1.54, 1.807) is 0 Å². The molecular weight excluding hydrogens is 278 g/mol. The van der Waals surface area contributed by atoms with Gasteiger partial charge in [0.25, 0.3) is 0 Å². The van der Waals surface area contributed by atoms with Crippen molar-refractivity contribution in [3.63, 3.8) is 0 Å². The molecular formula is C22H45N. The summed E-state index contributed by atoms with van der Waals surface area (Å²) in [5.74, 6) is 0. The molecule has 0 heterocycles. The van der Waals surface area contributed by atoms with Crippen molar-refractivity contribution in [2.75, 3.05) is 20.6 Å². The van der Waals surface area contributed by atoms with E-state index in [0.717, 1.165) is 0 Å². The molecule has 0 rings (SSSR count). The average Bonchev–Trinajstić information content (AvgIpc) is 2.53. The molecule has 0 aromatic carbocycles. The Hall–Kier alpha value is -0.300. The quantitative estimate of drug-likeness (QED) is 0.188. The minimum atomic E-state index is 1.25. The van der Waals surface area contributed by atoms with Gasteiger partial charge < -0.3 is 4.90 Å². The minimum Gasteiger partial charge on any atom is -0.309 e. The van der Waals surface area contributed by atoms with Gasteiger partial charge in [0.15, 0.2) is 0 Å². The summed E-state index contributed by atoms with van der Waals surface area (Å²) < 4.78 is 0. The van der Waals surface area contributed by atoms with Crippen LogP contribution in [0.3, 0.4) is 0 Å². The first-order valence-electron chi connectivity index (χ1n) is 10.6. The molecule has 0 aromatic heterocycles. The highest BCUT2D eigenvalue weighted by Gasteiger charge is 1.93. The van der Waals surface area contributed by atoms with Crippen molar-refractivity contribution in [3.05, 3.63) is 12.2 Å². The second kappa shape index (κ2) is 19.7. The van der Waals surface area contributed by atoms with Crippen LogP contribution >= 0.6 is 0 Å². The lowest BCUT2D eigenvalue weighted by molar-refractivity contribution is 0.389. The lowest BCUT2D eigenvalue weighted by Crippen LogP contribution is -2.12. The van der Waals surface area contributed by atoms with Crippen molar-refractivity contribution in [2.24, 2.45) is 0 Å². The first-order chi connectivity index (χ1) is 11.3. The van der Waals surface area contributed by atoms with Crippen molar-refractivity contribution in [1.82, 2.24) is 4.90 Å². The first-order valence-corrected chi connectivity index (χ1v) is 10.6. The van der Waals surface area contributed by atoms with Crippen LogP contribution in [0.25, 0.3) is 0 Å². The molecule has 0 atom stereocenters. The third-order valence-corrected chi connectivity index (χ3v) is 4.62. The number of nitrogens with zero attached hydrogens (tertiary/aromatic N) is 1. The highest BCUT2D eigenvalue weighted by Crippen LogP contribution is 2.11. The van der Waals surface area contributed by atoms with Gasteiger partial charge in [0.1, 0.15) is 0 Å². The Morgan fingerprint density at radius 1 is 0.522 bits per heavy atom. The van der Waals surface area contributed by atoms with Gasteiger partial charge in [-0.1, -0.05) is 89.7 Å². The summed E-state index contributed by atoms with van der Waals surface area (Å²) in [6.45, 7) is 3.54. The average molecular weight is 324 g/mol. The highest BCUT2D eigenvalue weighted by atomic mass is 15.0. The number of hydrogen-bond acceptors (Lipinski definition) is 1. The molecule has 0 radical (unpaired) electrons. The monoisotopic (exact) mass is 323 g/mol. The molecule has 0 aromatic rings. The summed E-state index contributed by atoms with van der Waals surface area (Å²) in [4.78, 5) is 2.29. The third-order valence-electron chi connectivity index (χ3n) is 4.62. The van der Waals surface area contributed by atoms with Crippen molar-refractivity contribution in [2.45, 2.75) is 110 Å². The predicted molar refractivity (Wildman–Crippen MR) is 107 cm³/mol. The second-order valence-electron chi connectivity index (χ2n) is 7.45. The largest absolute Gasteiger partial charge is 0.309 e. The molecule has 1 heteroatoms. The van der Waals surface area contributed by atoms with E-state index < -0.39 is 0 Å². The number of allylic oxidation sites excluding steroid dienone is 2. The Balaban J connectivity index is 3.06. The van der Waals surface area contributed by atoms with Crippen LogP contribution in [-0.2, 0) is 0 Å². The molecule has 0 spiro atoms. The lowest BCUT2D eigenvalue weighted by Gasteiger charge is -2.08. The molecule has 0 amide bonds. The Kier molecular flexibility index (Phi) is 19.5. The topological polar surface area (TPSA) is 3.24 Å². The standard InChI is InChI=1S/C22H45N/c1-4-5-6-7-8-9-10-11-12-13-14-15-16-17-18-19-20-21-22-23(2)3/h13-14H,4-12,15-22H2,1-3H3/b14-13-. The van der Waals surface area contributed by atoms with E-state index in [1.165, 1.54) is 109 Å². The zero-order valence-corrected chi connectivity index (χ0v) is 16.6. The summed E-state index contributed by atoms with van der Waals surface area (Å²) >= 11 is 0. The van der Waals surface area contributed by atoms with Crippen molar-refractivity contribution in [1.29, 1.82) is 0 Å². The summed E-state index contributed by atoms with van der Waals surface area (Å²) in [5, 5.41) is 0. The third kappa shape index (κ3) is 21.7. The molecule has 0 aliphatic carbocycles. The van der Waals surface area contributed by atoms with E-state index in [4.69, 9.17) is 0 Å². The zero-order valence-electron chi connectivity index (χ0n) is 16.6. The molecule has 1 nitrogen and oxygen atoms in total. The van der Waals surface area contributed by atoms with Crippen LogP contribution in [0.1, 0.15) is 110 Å². The van der Waals surface area contributed by atoms with Crippen LogP contribution in [0, 0.1) is 0 Å². The molecule has 0 bridgehead atoms. The molecule has 138 valence electrons. The van der Waals surface area contributed by atoms with E-state index >= 15 is 0 Å². The van der Waals surface area contributed by atoms with Crippen LogP contribution in [0.15, 0.2) is 12.2 Å². The second-order valence-corrected chi connectivity index (χ2v) is 7.45. The highest BCUT2D eigenvalue weighted by molar-refractivity contribution is 4.81. The van der Waals surface area contributed by atoms with E-state index in [-0.39, 0.29) is 0 Å². The molecule has 0 fully saturated rings. The van der Waals surface area contributed by atoms with Gasteiger partial charge in [0, 0.05) is 0 Å². The molecule has 0 saturated heterocycles. The molecule has 23 heavy (non-hydrogen) atoms.